The van der Waals surface area contributed by atoms with Crippen molar-refractivity contribution in [3.63, 3.8) is 0 Å². The van der Waals surface area contributed by atoms with Crippen LogP contribution in [0.4, 0.5) is 5.69 Å². The molecule has 0 fully saturated rings. The Morgan fingerprint density at radius 3 is 2.14 bits per heavy atom. The Bertz CT molecular complexity index is 1080. The average molecular weight is 394 g/mol. The van der Waals surface area contributed by atoms with Crippen LogP contribution in [0, 0.1) is 0 Å². The number of rotatable bonds is 4. The molecule has 0 spiro atoms. The molecule has 0 saturated heterocycles. The Morgan fingerprint density at radius 1 is 0.821 bits per heavy atom. The third kappa shape index (κ3) is 3.42. The van der Waals surface area contributed by atoms with Crippen LogP contribution in [0.2, 0.25) is 0 Å². The minimum atomic E-state index is -3.52. The van der Waals surface area contributed by atoms with Crippen LogP contribution in [0.3, 0.4) is 0 Å². The number of anilines is 1. The summed E-state index contributed by atoms with van der Waals surface area (Å²) in [7, 11) is -3.52. The van der Waals surface area contributed by atoms with E-state index in [1.165, 1.54) is 5.56 Å². The molecule has 1 heterocycles. The van der Waals surface area contributed by atoms with E-state index in [-0.39, 0.29) is 9.79 Å². The highest BCUT2D eigenvalue weighted by atomic mass is 32.2. The van der Waals surface area contributed by atoms with E-state index in [1.807, 2.05) is 35.2 Å². The molecule has 6 heteroatoms. The molecule has 144 valence electrons. The fourth-order valence-electron chi connectivity index (χ4n) is 3.60. The summed E-state index contributed by atoms with van der Waals surface area (Å²) in [5.41, 5.74) is 15.9. The Hall–Kier alpha value is -2.67. The highest BCUT2D eigenvalue weighted by Gasteiger charge is 2.33. The number of fused-ring (bicyclic) bond motifs is 1. The quantitative estimate of drug-likeness (QED) is 0.665. The average Bonchev–Trinajstić information content (AvgIpc) is 2.71. The summed E-state index contributed by atoms with van der Waals surface area (Å²) in [6.45, 7) is 0.510. The van der Waals surface area contributed by atoms with Crippen LogP contribution in [0.15, 0.2) is 88.7 Å². The standard InChI is InChI=1S/C22H23N3O2S/c23-22(24)15-14-18-6-4-5-9-21(18)25(22)16-17-10-12-20(13-11-17)28(26,27)19-7-2-1-3-8-19/h1-13H,14-16,23-24H2. The second kappa shape index (κ2) is 7.05. The van der Waals surface area contributed by atoms with Crippen molar-refractivity contribution in [1.82, 2.24) is 0 Å². The van der Waals surface area contributed by atoms with Gasteiger partial charge in [0.15, 0.2) is 0 Å². The lowest BCUT2D eigenvalue weighted by atomic mass is 9.96. The number of aryl methyl sites for hydroxylation is 1. The molecule has 28 heavy (non-hydrogen) atoms. The van der Waals surface area contributed by atoms with E-state index in [0.717, 1.165) is 17.7 Å². The van der Waals surface area contributed by atoms with Crippen molar-refractivity contribution in [2.45, 2.75) is 35.0 Å². The van der Waals surface area contributed by atoms with Gasteiger partial charge < -0.3 is 4.90 Å². The molecule has 0 aromatic heterocycles. The van der Waals surface area contributed by atoms with Crippen molar-refractivity contribution >= 4 is 15.5 Å². The number of hydrogen-bond donors (Lipinski definition) is 2. The predicted molar refractivity (Wildman–Crippen MR) is 110 cm³/mol. The number of benzene rings is 3. The van der Waals surface area contributed by atoms with Crippen LogP contribution < -0.4 is 16.4 Å². The third-order valence-corrected chi connectivity index (χ3v) is 6.99. The number of nitrogens with two attached hydrogens (primary N) is 2. The lowest BCUT2D eigenvalue weighted by molar-refractivity contribution is 0.364. The van der Waals surface area contributed by atoms with Crippen LogP contribution in [0.1, 0.15) is 17.5 Å². The van der Waals surface area contributed by atoms with Crippen molar-refractivity contribution < 1.29 is 8.42 Å². The van der Waals surface area contributed by atoms with E-state index >= 15 is 0 Å². The lowest BCUT2D eigenvalue weighted by Crippen LogP contribution is -2.65. The molecule has 0 radical (unpaired) electrons. The molecule has 0 atom stereocenters. The smallest absolute Gasteiger partial charge is 0.206 e. The zero-order valence-electron chi connectivity index (χ0n) is 15.5. The number of para-hydroxylation sites is 1. The third-order valence-electron chi connectivity index (χ3n) is 5.21. The minimum Gasteiger partial charge on any atom is -0.337 e. The van der Waals surface area contributed by atoms with Crippen LogP contribution in [-0.4, -0.2) is 14.2 Å². The molecule has 4 rings (SSSR count). The number of sulfone groups is 1. The maximum Gasteiger partial charge on any atom is 0.206 e. The van der Waals surface area contributed by atoms with E-state index in [0.29, 0.717) is 13.0 Å². The maximum absolute atomic E-state index is 12.8. The number of hydrogen-bond acceptors (Lipinski definition) is 5. The van der Waals surface area contributed by atoms with Gasteiger partial charge in [-0.1, -0.05) is 48.5 Å². The number of nitrogens with zero attached hydrogens (tertiary/aromatic N) is 1. The summed E-state index contributed by atoms with van der Waals surface area (Å²) in [6.07, 6.45) is 1.50. The van der Waals surface area contributed by atoms with Gasteiger partial charge in [-0.05, 0) is 47.9 Å². The summed E-state index contributed by atoms with van der Waals surface area (Å²) in [5.74, 6) is -0.941. The molecule has 0 aliphatic carbocycles. The summed E-state index contributed by atoms with van der Waals surface area (Å²) in [4.78, 5) is 2.55. The van der Waals surface area contributed by atoms with E-state index in [2.05, 4.69) is 6.07 Å². The van der Waals surface area contributed by atoms with Gasteiger partial charge in [0.1, 0.15) is 5.79 Å². The van der Waals surface area contributed by atoms with Gasteiger partial charge in [0, 0.05) is 18.7 Å². The van der Waals surface area contributed by atoms with E-state index in [4.69, 9.17) is 11.5 Å². The molecule has 4 N–H and O–H groups in total. The van der Waals surface area contributed by atoms with Gasteiger partial charge in [-0.2, -0.15) is 0 Å². The SMILES string of the molecule is NC1(N)CCc2ccccc2N1Cc1ccc(S(=O)(=O)c2ccccc2)cc1. The van der Waals surface area contributed by atoms with E-state index in [1.54, 1.807) is 42.5 Å². The first-order valence-corrected chi connectivity index (χ1v) is 10.7. The first-order chi connectivity index (χ1) is 13.4. The van der Waals surface area contributed by atoms with Crippen molar-refractivity contribution in [2.75, 3.05) is 4.90 Å². The van der Waals surface area contributed by atoms with Crippen LogP contribution in [-0.2, 0) is 22.8 Å². The van der Waals surface area contributed by atoms with E-state index < -0.39 is 15.6 Å². The Balaban J connectivity index is 1.62. The summed E-state index contributed by atoms with van der Waals surface area (Å²) < 4.78 is 25.5. The topological polar surface area (TPSA) is 89.4 Å². The van der Waals surface area contributed by atoms with Gasteiger partial charge in [0.2, 0.25) is 9.84 Å². The Morgan fingerprint density at radius 2 is 1.43 bits per heavy atom. The lowest BCUT2D eigenvalue weighted by Gasteiger charge is -2.44. The van der Waals surface area contributed by atoms with Gasteiger partial charge in [-0.25, -0.2) is 8.42 Å². The normalized spacial score (nSPS) is 15.9. The monoisotopic (exact) mass is 393 g/mol. The van der Waals surface area contributed by atoms with Crippen molar-refractivity contribution in [3.8, 4) is 0 Å². The Labute approximate surface area is 165 Å². The Kier molecular flexibility index (Phi) is 4.71. The molecule has 0 saturated carbocycles. The fraction of sp³-hybridized carbons (Fsp3) is 0.182. The molecule has 0 unspecified atom stereocenters. The largest absolute Gasteiger partial charge is 0.337 e. The molecule has 5 nitrogen and oxygen atoms in total. The van der Waals surface area contributed by atoms with Crippen molar-refractivity contribution in [2.24, 2.45) is 11.5 Å². The predicted octanol–water partition coefficient (Wildman–Crippen LogP) is 3.04. The molecule has 0 bridgehead atoms. The molecule has 1 aliphatic heterocycles. The molecule has 0 amide bonds. The maximum atomic E-state index is 12.8. The van der Waals surface area contributed by atoms with Crippen LogP contribution >= 0.6 is 0 Å². The first-order valence-electron chi connectivity index (χ1n) is 9.20. The molecule has 1 aliphatic rings. The summed E-state index contributed by atoms with van der Waals surface area (Å²) in [5, 5.41) is 0. The highest BCUT2D eigenvalue weighted by Crippen LogP contribution is 2.33. The van der Waals surface area contributed by atoms with Crippen LogP contribution in [0.25, 0.3) is 0 Å². The molecule has 3 aromatic carbocycles. The van der Waals surface area contributed by atoms with Crippen molar-refractivity contribution in [1.29, 1.82) is 0 Å². The van der Waals surface area contributed by atoms with Gasteiger partial charge in [-0.3, -0.25) is 11.5 Å². The van der Waals surface area contributed by atoms with E-state index in [9.17, 15) is 8.42 Å². The van der Waals surface area contributed by atoms with Crippen molar-refractivity contribution in [3.05, 3.63) is 90.0 Å². The first kappa shape index (κ1) is 18.7. The molecular formula is C22H23N3O2S. The minimum absolute atomic E-state index is 0.272. The zero-order chi connectivity index (χ0) is 19.8. The van der Waals surface area contributed by atoms with Gasteiger partial charge >= 0.3 is 0 Å². The van der Waals surface area contributed by atoms with Gasteiger partial charge in [0.25, 0.3) is 0 Å². The van der Waals surface area contributed by atoms with Gasteiger partial charge in [0.05, 0.1) is 9.79 Å². The fourth-order valence-corrected chi connectivity index (χ4v) is 4.89. The molecular weight excluding hydrogens is 370 g/mol. The second-order valence-corrected chi connectivity index (χ2v) is 9.12. The highest BCUT2D eigenvalue weighted by molar-refractivity contribution is 7.91. The van der Waals surface area contributed by atoms with Crippen LogP contribution in [0.5, 0.6) is 0 Å². The van der Waals surface area contributed by atoms with Gasteiger partial charge in [-0.15, -0.1) is 0 Å². The summed E-state index contributed by atoms with van der Waals surface area (Å²) >= 11 is 0. The second-order valence-electron chi connectivity index (χ2n) is 7.17. The summed E-state index contributed by atoms with van der Waals surface area (Å²) in [6, 6.07) is 23.5. The molecule has 3 aromatic rings. The zero-order valence-corrected chi connectivity index (χ0v) is 16.3.